The lowest BCUT2D eigenvalue weighted by atomic mass is 10.0. The SMILES string of the molecule is CCOC(=O)/C(C#N)=C/N(C)C1CC[N+](C)(C)CC1. The topological polar surface area (TPSA) is 53.3 Å². The first-order valence-electron chi connectivity index (χ1n) is 6.72. The molecule has 106 valence electrons. The molecule has 0 unspecified atom stereocenters. The van der Waals surface area contributed by atoms with E-state index in [9.17, 15) is 4.79 Å². The number of quaternary nitrogens is 1. The lowest BCUT2D eigenvalue weighted by molar-refractivity contribution is -0.895. The van der Waals surface area contributed by atoms with Gasteiger partial charge in [-0.3, -0.25) is 0 Å². The maximum atomic E-state index is 11.6. The van der Waals surface area contributed by atoms with Gasteiger partial charge in [-0.1, -0.05) is 0 Å². The standard InChI is InChI=1S/C14H24N3O2/c1-5-19-14(18)12(10-15)11-16(2)13-6-8-17(3,4)9-7-13/h11,13H,5-9H2,1-4H3/q+1/b12-11+. The second kappa shape index (κ2) is 6.58. The van der Waals surface area contributed by atoms with Crippen molar-refractivity contribution in [2.24, 2.45) is 0 Å². The molecule has 1 rings (SSSR count). The Bertz CT molecular complexity index is 386. The fourth-order valence-corrected chi connectivity index (χ4v) is 2.31. The third-order valence-corrected chi connectivity index (χ3v) is 3.66. The van der Waals surface area contributed by atoms with E-state index in [0.717, 1.165) is 30.4 Å². The van der Waals surface area contributed by atoms with Gasteiger partial charge in [0, 0.05) is 32.1 Å². The smallest absolute Gasteiger partial charge is 0.350 e. The average Bonchev–Trinajstić information content (AvgIpc) is 2.35. The number of likely N-dealkylation sites (tertiary alicyclic amines) is 1. The van der Waals surface area contributed by atoms with Crippen LogP contribution in [0.5, 0.6) is 0 Å². The van der Waals surface area contributed by atoms with E-state index in [1.165, 1.54) is 0 Å². The van der Waals surface area contributed by atoms with Gasteiger partial charge in [0.05, 0.1) is 33.8 Å². The second-order valence-corrected chi connectivity index (χ2v) is 5.65. The minimum Gasteiger partial charge on any atom is -0.462 e. The molecular weight excluding hydrogens is 242 g/mol. The van der Waals surface area contributed by atoms with Gasteiger partial charge in [0.2, 0.25) is 0 Å². The van der Waals surface area contributed by atoms with E-state index in [4.69, 9.17) is 10.00 Å². The van der Waals surface area contributed by atoms with Crippen LogP contribution in [0.25, 0.3) is 0 Å². The monoisotopic (exact) mass is 266 g/mol. The quantitative estimate of drug-likeness (QED) is 0.331. The lowest BCUT2D eigenvalue weighted by Crippen LogP contribution is -2.50. The van der Waals surface area contributed by atoms with Gasteiger partial charge in [-0.2, -0.15) is 5.26 Å². The molecule has 0 atom stereocenters. The molecule has 0 spiro atoms. The van der Waals surface area contributed by atoms with E-state index in [0.29, 0.717) is 6.04 Å². The van der Waals surface area contributed by atoms with Gasteiger partial charge in [0.15, 0.2) is 5.57 Å². The van der Waals surface area contributed by atoms with Crippen LogP contribution in [0.2, 0.25) is 0 Å². The Hall–Kier alpha value is -1.54. The molecule has 0 saturated carbocycles. The van der Waals surface area contributed by atoms with E-state index in [1.807, 2.05) is 18.0 Å². The minimum atomic E-state index is -0.538. The summed E-state index contributed by atoms with van der Waals surface area (Å²) >= 11 is 0. The van der Waals surface area contributed by atoms with Crippen molar-refractivity contribution in [2.75, 3.05) is 40.8 Å². The molecule has 0 amide bonds. The van der Waals surface area contributed by atoms with Gasteiger partial charge in [-0.15, -0.1) is 0 Å². The predicted octanol–water partition coefficient (Wildman–Crippen LogP) is 1.13. The van der Waals surface area contributed by atoms with Crippen LogP contribution in [0.15, 0.2) is 11.8 Å². The Morgan fingerprint density at radius 1 is 1.47 bits per heavy atom. The summed E-state index contributed by atoms with van der Waals surface area (Å²) in [6.07, 6.45) is 3.76. The van der Waals surface area contributed by atoms with Crippen LogP contribution >= 0.6 is 0 Å². The highest BCUT2D eigenvalue weighted by Crippen LogP contribution is 2.19. The van der Waals surface area contributed by atoms with Crippen molar-refractivity contribution >= 4 is 5.97 Å². The molecule has 0 radical (unpaired) electrons. The van der Waals surface area contributed by atoms with Crippen molar-refractivity contribution in [1.29, 1.82) is 5.26 Å². The first-order chi connectivity index (χ1) is 8.89. The molecule has 19 heavy (non-hydrogen) atoms. The lowest BCUT2D eigenvalue weighted by Gasteiger charge is -2.40. The first-order valence-corrected chi connectivity index (χ1v) is 6.72. The van der Waals surface area contributed by atoms with E-state index in [1.54, 1.807) is 13.1 Å². The number of rotatable bonds is 4. The van der Waals surface area contributed by atoms with Crippen molar-refractivity contribution < 1.29 is 14.0 Å². The Labute approximate surface area is 115 Å². The zero-order valence-corrected chi connectivity index (χ0v) is 12.3. The zero-order chi connectivity index (χ0) is 14.5. The molecule has 1 aliphatic rings. The highest BCUT2D eigenvalue weighted by atomic mass is 16.5. The van der Waals surface area contributed by atoms with E-state index in [-0.39, 0.29) is 12.2 Å². The number of hydrogen-bond acceptors (Lipinski definition) is 4. The summed E-state index contributed by atoms with van der Waals surface area (Å²) in [6.45, 7) is 4.25. The van der Waals surface area contributed by atoms with Crippen molar-refractivity contribution in [2.45, 2.75) is 25.8 Å². The molecule has 0 aliphatic carbocycles. The Morgan fingerprint density at radius 2 is 2.05 bits per heavy atom. The number of esters is 1. The maximum absolute atomic E-state index is 11.6. The fourth-order valence-electron chi connectivity index (χ4n) is 2.31. The Kier molecular flexibility index (Phi) is 5.37. The summed E-state index contributed by atoms with van der Waals surface area (Å²) < 4.78 is 5.90. The van der Waals surface area contributed by atoms with Crippen LogP contribution in [-0.2, 0) is 9.53 Å². The molecule has 1 saturated heterocycles. The van der Waals surface area contributed by atoms with Gasteiger partial charge in [0.25, 0.3) is 0 Å². The number of nitriles is 1. The molecule has 5 nitrogen and oxygen atoms in total. The van der Waals surface area contributed by atoms with E-state index >= 15 is 0 Å². The van der Waals surface area contributed by atoms with Crippen LogP contribution in [0.3, 0.4) is 0 Å². The third-order valence-electron chi connectivity index (χ3n) is 3.66. The van der Waals surface area contributed by atoms with Crippen LogP contribution in [0.4, 0.5) is 0 Å². The normalized spacial score (nSPS) is 19.6. The van der Waals surface area contributed by atoms with Crippen molar-refractivity contribution in [3.63, 3.8) is 0 Å². The van der Waals surface area contributed by atoms with Crippen LogP contribution in [0, 0.1) is 11.3 Å². The van der Waals surface area contributed by atoms with E-state index < -0.39 is 5.97 Å². The Balaban J connectivity index is 2.65. The van der Waals surface area contributed by atoms with Gasteiger partial charge in [-0.25, -0.2) is 4.79 Å². The molecule has 1 heterocycles. The van der Waals surface area contributed by atoms with Gasteiger partial charge in [0.1, 0.15) is 6.07 Å². The van der Waals surface area contributed by atoms with Crippen molar-refractivity contribution in [1.82, 2.24) is 4.90 Å². The Morgan fingerprint density at radius 3 is 2.53 bits per heavy atom. The molecule has 5 heteroatoms. The predicted molar refractivity (Wildman–Crippen MR) is 73.0 cm³/mol. The molecule has 0 aromatic carbocycles. The van der Waals surface area contributed by atoms with Gasteiger partial charge < -0.3 is 14.1 Å². The first kappa shape index (κ1) is 15.5. The number of carbonyl (C=O) groups is 1. The highest BCUT2D eigenvalue weighted by Gasteiger charge is 2.28. The van der Waals surface area contributed by atoms with Crippen molar-refractivity contribution in [3.8, 4) is 6.07 Å². The fraction of sp³-hybridized carbons (Fsp3) is 0.714. The summed E-state index contributed by atoms with van der Waals surface area (Å²) in [4.78, 5) is 13.5. The van der Waals surface area contributed by atoms with Crippen LogP contribution in [-0.4, -0.2) is 62.2 Å². The molecule has 0 bridgehead atoms. The molecular formula is C14H24N3O2+. The number of hydrogen-bond donors (Lipinski definition) is 0. The minimum absolute atomic E-state index is 0.0728. The van der Waals surface area contributed by atoms with Crippen molar-refractivity contribution in [3.05, 3.63) is 11.8 Å². The second-order valence-electron chi connectivity index (χ2n) is 5.65. The number of nitrogens with zero attached hydrogens (tertiary/aromatic N) is 3. The maximum Gasteiger partial charge on any atom is 0.350 e. The van der Waals surface area contributed by atoms with Gasteiger partial charge >= 0.3 is 5.97 Å². The summed E-state index contributed by atoms with van der Waals surface area (Å²) in [6, 6.07) is 2.31. The zero-order valence-electron chi connectivity index (χ0n) is 12.3. The molecule has 0 aromatic rings. The molecule has 0 N–H and O–H groups in total. The summed E-state index contributed by atoms with van der Waals surface area (Å²) in [5, 5.41) is 9.00. The molecule has 0 aromatic heterocycles. The summed E-state index contributed by atoms with van der Waals surface area (Å²) in [5.41, 5.74) is 0.0728. The summed E-state index contributed by atoms with van der Waals surface area (Å²) in [5.74, 6) is -0.538. The average molecular weight is 266 g/mol. The van der Waals surface area contributed by atoms with Crippen LogP contribution < -0.4 is 0 Å². The van der Waals surface area contributed by atoms with Crippen LogP contribution in [0.1, 0.15) is 19.8 Å². The summed E-state index contributed by atoms with van der Waals surface area (Å²) in [7, 11) is 6.38. The highest BCUT2D eigenvalue weighted by molar-refractivity contribution is 5.92. The number of piperidine rings is 1. The third kappa shape index (κ3) is 4.56. The molecule has 1 aliphatic heterocycles. The molecule has 1 fully saturated rings. The van der Waals surface area contributed by atoms with E-state index in [2.05, 4.69) is 14.1 Å². The largest absolute Gasteiger partial charge is 0.462 e. The number of ether oxygens (including phenoxy) is 1. The number of carbonyl (C=O) groups excluding carboxylic acids is 1. The van der Waals surface area contributed by atoms with Gasteiger partial charge in [-0.05, 0) is 6.92 Å².